The molecular formula is C83H109FN6O14. The SMILES string of the molecule is C.C.COc1c(CN2O[C@@H](CO)[C@H]([C@H](C)O)[C@H]2C(=O)N[C@H]2C[C@H]3C[C@@H]([C@@H]2C)C3(C)C)cccc1-c1cc2c(c(C(=O)NCCc3ccccc3)c1)OCO2.COc1c(CN2O[C@@H](CO)[C@H]([C@H](C)O)[C@H]2C(=O)N[C@H]2C[C@H]3C[C@@H]([C@@H]2C)C3(C)C)cccc1-c1ccc(F)c(C(=O)NCCc2ccccc2)c1. The first-order valence-electron chi connectivity index (χ1n) is 36.2. The van der Waals surface area contributed by atoms with E-state index in [9.17, 15) is 44.0 Å². The Bertz CT molecular complexity index is 3970. The zero-order chi connectivity index (χ0) is 72.5. The number of aliphatic hydroxyl groups is 4. The number of ether oxygens (including phenoxy) is 4. The minimum Gasteiger partial charge on any atom is -0.496 e. The molecule has 4 amide bonds. The highest BCUT2D eigenvalue weighted by molar-refractivity contribution is 6.00. The number of halogens is 1. The Hall–Kier alpha value is -7.99. The van der Waals surface area contributed by atoms with Gasteiger partial charge in [0.05, 0.1) is 63.9 Å². The Morgan fingerprint density at radius 1 is 0.577 bits per heavy atom. The summed E-state index contributed by atoms with van der Waals surface area (Å²) in [5.74, 6) is 1.52. The molecule has 0 unspecified atom stereocenters. The highest BCUT2D eigenvalue weighted by Gasteiger charge is 2.59. The molecule has 3 heterocycles. The lowest BCUT2D eigenvalue weighted by atomic mass is 9.45. The molecule has 6 aromatic carbocycles. The Morgan fingerprint density at radius 3 is 1.44 bits per heavy atom. The average molecular weight is 1430 g/mol. The van der Waals surface area contributed by atoms with Gasteiger partial charge in [-0.1, -0.05) is 160 Å². The van der Waals surface area contributed by atoms with E-state index in [1.807, 2.05) is 103 Å². The van der Waals surface area contributed by atoms with Crippen molar-refractivity contribution in [1.29, 1.82) is 0 Å². The van der Waals surface area contributed by atoms with Crippen molar-refractivity contribution < 1.29 is 72.6 Å². The maximum absolute atomic E-state index is 15.0. The van der Waals surface area contributed by atoms with E-state index >= 15 is 0 Å². The molecule has 104 heavy (non-hydrogen) atoms. The van der Waals surface area contributed by atoms with Crippen LogP contribution >= 0.6 is 0 Å². The third kappa shape index (κ3) is 15.8. The fourth-order valence-corrected chi connectivity index (χ4v) is 18.0. The summed E-state index contributed by atoms with van der Waals surface area (Å²) in [6, 6.07) is 37.2. The average Bonchev–Trinajstić information content (AvgIpc) is 0.903. The molecule has 15 rings (SSSR count). The lowest BCUT2D eigenvalue weighted by Gasteiger charge is -2.62. The first-order valence-corrected chi connectivity index (χ1v) is 36.2. The number of fused-ring (bicyclic) bond motifs is 5. The van der Waals surface area contributed by atoms with Gasteiger partial charge in [-0.3, -0.25) is 28.9 Å². The standard InChI is InChI=1S/C41H51N3O8.C40H50FN3O6.2CH4/c1-23-31-18-28(41(31,3)4)19-32(23)43-40(48)36-35(24(2)46)34(21-45)52-44(36)20-26-12-9-13-29(37(26)49-5)27-16-30(38-33(17-27)50-22-51-38)39(47)42-15-14-25-10-7-6-8-11-25;1-23-31-19-28(40(31,3)4)20-33(23)43-39(48)36-35(24(2)46)34(22-45)50-44(36)21-27-12-9-13-29(37(27)49-5)26-14-15-32(41)30(18-26)38(47)42-17-16-25-10-7-6-8-11-25;;/h6-13,16-17,23-24,28,31-32,34-36,45-46H,14-15,18-22H2,1-5H3,(H,42,47)(H,43,48);6-15,18,23-24,28,31,33-36,45-46H,16-17,19-22H2,1-5H3,(H,42,47)(H,43,48);2*1H4/t23-,24-,28+,31-,32-,34-,35-,36-;23-,24-,28+,31-,33-,34-,35-,36-;;/m00../s1. The zero-order valence-corrected chi connectivity index (χ0v) is 60.2. The van der Waals surface area contributed by atoms with Gasteiger partial charge in [-0.05, 0) is 145 Å². The molecule has 6 aromatic rings. The first kappa shape index (κ1) is 78.6. The zero-order valence-electron chi connectivity index (χ0n) is 60.2. The van der Waals surface area contributed by atoms with Gasteiger partial charge in [0.25, 0.3) is 11.8 Å². The van der Waals surface area contributed by atoms with Crippen LogP contribution in [-0.2, 0) is 45.2 Å². The molecule has 0 radical (unpaired) electrons. The van der Waals surface area contributed by atoms with Crippen LogP contribution in [0.3, 0.4) is 0 Å². The monoisotopic (exact) mass is 1430 g/mol. The molecule has 8 N–H and O–H groups in total. The van der Waals surface area contributed by atoms with Crippen LogP contribution in [0.1, 0.15) is 139 Å². The van der Waals surface area contributed by atoms with Crippen LogP contribution in [0.2, 0.25) is 0 Å². The number of nitrogens with zero attached hydrogens (tertiary/aromatic N) is 2. The molecule has 6 aliphatic carbocycles. The lowest BCUT2D eigenvalue weighted by molar-refractivity contribution is -0.183. The van der Waals surface area contributed by atoms with Crippen LogP contribution in [0.15, 0.2) is 127 Å². The van der Waals surface area contributed by atoms with Gasteiger partial charge < -0.3 is 60.6 Å². The van der Waals surface area contributed by atoms with Crippen LogP contribution in [0.4, 0.5) is 4.39 Å². The van der Waals surface area contributed by atoms with E-state index in [0.717, 1.165) is 29.5 Å². The second-order valence-corrected chi connectivity index (χ2v) is 30.4. The minimum absolute atomic E-state index is 0. The first-order chi connectivity index (χ1) is 48.9. The van der Waals surface area contributed by atoms with Crippen LogP contribution in [0, 0.1) is 64.0 Å². The summed E-state index contributed by atoms with van der Waals surface area (Å²) >= 11 is 0. The van der Waals surface area contributed by atoms with Gasteiger partial charge >= 0.3 is 0 Å². The van der Waals surface area contributed by atoms with Crippen molar-refractivity contribution in [3.05, 3.63) is 167 Å². The number of hydroxylamine groups is 4. The van der Waals surface area contributed by atoms with Gasteiger partial charge in [-0.25, -0.2) is 4.39 Å². The predicted molar refractivity (Wildman–Crippen MR) is 396 cm³/mol. The summed E-state index contributed by atoms with van der Waals surface area (Å²) < 4.78 is 38.4. The lowest BCUT2D eigenvalue weighted by Crippen LogP contribution is -2.62. The quantitative estimate of drug-likeness (QED) is 0.0280. The number of hydrogen-bond donors (Lipinski definition) is 8. The molecule has 8 fully saturated rings. The van der Waals surface area contributed by atoms with Gasteiger partial charge in [0, 0.05) is 59.3 Å². The molecule has 20 nitrogen and oxygen atoms in total. The number of amides is 4. The van der Waals surface area contributed by atoms with Gasteiger partial charge in [0.2, 0.25) is 18.6 Å². The van der Waals surface area contributed by atoms with Crippen LogP contribution in [-0.4, -0.2) is 150 Å². The van der Waals surface area contributed by atoms with Crippen molar-refractivity contribution in [2.45, 2.75) is 170 Å². The third-order valence-electron chi connectivity index (χ3n) is 24.0. The number of aliphatic hydroxyl groups excluding tert-OH is 4. The van der Waals surface area contributed by atoms with Crippen molar-refractivity contribution in [3.63, 3.8) is 0 Å². The normalized spacial score (nSPS) is 27.2. The molecule has 562 valence electrons. The van der Waals surface area contributed by atoms with E-state index in [0.29, 0.717) is 118 Å². The maximum atomic E-state index is 15.0. The summed E-state index contributed by atoms with van der Waals surface area (Å²) in [6.45, 7) is 17.3. The molecule has 2 saturated heterocycles. The number of nitrogens with one attached hydrogen (secondary N) is 4. The van der Waals surface area contributed by atoms with Crippen molar-refractivity contribution in [2.75, 3.05) is 47.3 Å². The van der Waals surface area contributed by atoms with Gasteiger partial charge in [0.1, 0.15) is 41.6 Å². The number of para-hydroxylation sites is 2. The third-order valence-corrected chi connectivity index (χ3v) is 24.0. The summed E-state index contributed by atoms with van der Waals surface area (Å²) in [5.41, 5.74) is 7.03. The summed E-state index contributed by atoms with van der Waals surface area (Å²) in [5, 5.41) is 57.9. The second-order valence-electron chi connectivity index (χ2n) is 30.4. The topological polar surface area (TPSA) is 259 Å². The summed E-state index contributed by atoms with van der Waals surface area (Å²) in [6.07, 6.45) is 2.14. The maximum Gasteiger partial charge on any atom is 0.255 e. The number of hydrogen-bond acceptors (Lipinski definition) is 16. The Kier molecular flexibility index (Phi) is 25.1. The number of carbonyl (C=O) groups is 4. The summed E-state index contributed by atoms with van der Waals surface area (Å²) in [4.78, 5) is 67.3. The smallest absolute Gasteiger partial charge is 0.255 e. The Labute approximate surface area is 612 Å². The van der Waals surface area contributed by atoms with Crippen LogP contribution < -0.4 is 40.2 Å². The Morgan fingerprint density at radius 2 is 1.02 bits per heavy atom. The molecule has 4 bridgehead atoms. The van der Waals surface area contributed by atoms with Gasteiger partial charge in [-0.2, -0.15) is 10.1 Å². The molecule has 0 spiro atoms. The van der Waals surface area contributed by atoms with E-state index in [4.69, 9.17) is 28.6 Å². The van der Waals surface area contributed by atoms with E-state index in [-0.39, 0.29) is 94.1 Å². The largest absolute Gasteiger partial charge is 0.496 e. The highest BCUT2D eigenvalue weighted by Crippen LogP contribution is 2.62. The number of benzene rings is 6. The van der Waals surface area contributed by atoms with Gasteiger partial charge in [-0.15, -0.1) is 0 Å². The van der Waals surface area contributed by atoms with Crippen molar-refractivity contribution in [3.8, 4) is 45.3 Å². The van der Waals surface area contributed by atoms with Crippen molar-refractivity contribution in [2.24, 2.45) is 58.2 Å². The van der Waals surface area contributed by atoms with E-state index in [1.165, 1.54) is 32.1 Å². The molecule has 0 aromatic heterocycles. The highest BCUT2D eigenvalue weighted by atomic mass is 19.1. The molecule has 21 heteroatoms. The molecule has 9 aliphatic rings. The molecule has 6 saturated carbocycles. The fourth-order valence-electron chi connectivity index (χ4n) is 18.0. The van der Waals surface area contributed by atoms with Crippen molar-refractivity contribution >= 4 is 23.6 Å². The van der Waals surface area contributed by atoms with Gasteiger partial charge in [0.15, 0.2) is 11.5 Å². The Balaban J connectivity index is 0.000000219. The number of carbonyl (C=O) groups excluding carboxylic acids is 4. The van der Waals surface area contributed by atoms with Crippen LogP contribution in [0.25, 0.3) is 22.3 Å². The van der Waals surface area contributed by atoms with E-state index < -0.39 is 60.1 Å². The van der Waals surface area contributed by atoms with Crippen LogP contribution in [0.5, 0.6) is 23.0 Å². The number of rotatable bonds is 24. The molecular weight excluding hydrogens is 1320 g/mol. The minimum atomic E-state index is -0.922. The second kappa shape index (κ2) is 33.2. The molecule has 3 aliphatic heterocycles. The predicted octanol–water partition coefficient (Wildman–Crippen LogP) is 11.1. The number of methoxy groups -OCH3 is 2. The van der Waals surface area contributed by atoms with E-state index in [2.05, 4.69) is 62.8 Å². The fraction of sp³-hybridized carbons (Fsp3) is 0.518. The summed E-state index contributed by atoms with van der Waals surface area (Å²) in [7, 11) is 3.11. The van der Waals surface area contributed by atoms with Crippen molar-refractivity contribution in [1.82, 2.24) is 31.4 Å². The molecule has 16 atom stereocenters. The van der Waals surface area contributed by atoms with E-state index in [1.54, 1.807) is 43.2 Å².